The van der Waals surface area contributed by atoms with Crippen LogP contribution in [0, 0.1) is 0 Å². The van der Waals surface area contributed by atoms with E-state index in [9.17, 15) is 4.79 Å². The van der Waals surface area contributed by atoms with Crippen molar-refractivity contribution in [3.05, 3.63) is 34.9 Å². The number of hydrogen-bond donors (Lipinski definition) is 2. The van der Waals surface area contributed by atoms with Gasteiger partial charge in [0.25, 0.3) is 5.91 Å². The topological polar surface area (TPSA) is 53.5 Å². The Morgan fingerprint density at radius 1 is 1.33 bits per heavy atom. The Hall–Kier alpha value is -1.55. The number of nitrogens with one attached hydrogen (secondary N) is 2. The Balaban J connectivity index is 2.07. The molecule has 2 N–H and O–H groups in total. The van der Waals surface area contributed by atoms with Crippen molar-refractivity contribution >= 4 is 23.8 Å². The van der Waals surface area contributed by atoms with E-state index in [-0.39, 0.29) is 11.9 Å². The summed E-state index contributed by atoms with van der Waals surface area (Å²) in [4.78, 5) is 15.4. The monoisotopic (exact) mass is 223 g/mol. The molecule has 0 aromatic heterocycles. The summed E-state index contributed by atoms with van der Waals surface area (Å²) in [6.07, 6.45) is 2.07. The molecule has 1 amide bonds. The maximum Gasteiger partial charge on any atom is 0.263 e. The lowest BCUT2D eigenvalue weighted by atomic mass is 10.1. The summed E-state index contributed by atoms with van der Waals surface area (Å²) >= 11 is 5.76. The van der Waals surface area contributed by atoms with Crippen molar-refractivity contribution in [1.82, 2.24) is 10.9 Å². The van der Waals surface area contributed by atoms with Gasteiger partial charge >= 0.3 is 0 Å². The van der Waals surface area contributed by atoms with Gasteiger partial charge in [0.15, 0.2) is 0 Å². The molecule has 0 radical (unpaired) electrons. The van der Waals surface area contributed by atoms with Crippen LogP contribution in [0.4, 0.5) is 0 Å². The average Bonchev–Trinajstić information content (AvgIpc) is 2.25. The fourth-order valence-electron chi connectivity index (χ4n) is 1.37. The van der Waals surface area contributed by atoms with Gasteiger partial charge in [0.2, 0.25) is 0 Å². The van der Waals surface area contributed by atoms with E-state index in [1.165, 1.54) is 6.34 Å². The number of hydrazine groups is 1. The van der Waals surface area contributed by atoms with Gasteiger partial charge in [0, 0.05) is 11.4 Å². The van der Waals surface area contributed by atoms with Gasteiger partial charge in [-0.3, -0.25) is 20.6 Å². The number of halogens is 1. The maximum absolute atomic E-state index is 11.4. The van der Waals surface area contributed by atoms with E-state index in [2.05, 4.69) is 15.8 Å². The molecule has 1 aromatic rings. The molecule has 4 nitrogen and oxygen atoms in total. The SMILES string of the molecule is O=C1NNC=NC1Cc1ccc(Cl)cc1. The quantitative estimate of drug-likeness (QED) is 0.783. The van der Waals surface area contributed by atoms with Crippen LogP contribution >= 0.6 is 11.6 Å². The normalized spacial score (nSPS) is 19.5. The molecule has 1 aromatic carbocycles. The summed E-state index contributed by atoms with van der Waals surface area (Å²) in [6, 6.07) is 7.05. The van der Waals surface area contributed by atoms with Crippen LogP contribution in [0.1, 0.15) is 5.56 Å². The van der Waals surface area contributed by atoms with Crippen LogP contribution in [0.25, 0.3) is 0 Å². The molecule has 1 unspecified atom stereocenters. The third kappa shape index (κ3) is 2.47. The first-order chi connectivity index (χ1) is 7.25. The van der Waals surface area contributed by atoms with E-state index in [1.54, 1.807) is 12.1 Å². The van der Waals surface area contributed by atoms with Crippen LogP contribution in [-0.2, 0) is 11.2 Å². The van der Waals surface area contributed by atoms with Gasteiger partial charge in [0.05, 0.1) is 0 Å². The molecule has 0 saturated carbocycles. The van der Waals surface area contributed by atoms with E-state index >= 15 is 0 Å². The van der Waals surface area contributed by atoms with Crippen molar-refractivity contribution in [1.29, 1.82) is 0 Å². The summed E-state index contributed by atoms with van der Waals surface area (Å²) in [5.74, 6) is -0.118. The second kappa shape index (κ2) is 4.31. The number of amides is 1. The molecular weight excluding hydrogens is 214 g/mol. The molecule has 1 aliphatic heterocycles. The van der Waals surface area contributed by atoms with Crippen LogP contribution in [-0.4, -0.2) is 18.3 Å². The van der Waals surface area contributed by atoms with E-state index in [0.717, 1.165) is 5.56 Å². The number of hydrogen-bond acceptors (Lipinski definition) is 3. The van der Waals surface area contributed by atoms with Gasteiger partial charge in [0.1, 0.15) is 12.4 Å². The van der Waals surface area contributed by atoms with E-state index < -0.39 is 0 Å². The van der Waals surface area contributed by atoms with E-state index in [4.69, 9.17) is 11.6 Å². The molecule has 0 aliphatic carbocycles. The standard InChI is InChI=1S/C10H10ClN3O/c11-8-3-1-7(2-4-8)5-9-10(15)14-13-6-12-9/h1-4,6,9H,5H2,(H,12,13)(H,14,15). The highest BCUT2D eigenvalue weighted by Gasteiger charge is 2.19. The zero-order valence-corrected chi connectivity index (χ0v) is 8.66. The van der Waals surface area contributed by atoms with Crippen molar-refractivity contribution in [2.75, 3.05) is 0 Å². The highest BCUT2D eigenvalue weighted by molar-refractivity contribution is 6.30. The highest BCUT2D eigenvalue weighted by Crippen LogP contribution is 2.12. The van der Waals surface area contributed by atoms with Crippen LogP contribution in [0.3, 0.4) is 0 Å². The molecule has 1 aliphatic rings. The van der Waals surface area contributed by atoms with Gasteiger partial charge in [-0.2, -0.15) is 0 Å². The predicted molar refractivity (Wildman–Crippen MR) is 58.7 cm³/mol. The molecule has 0 saturated heterocycles. The predicted octanol–water partition coefficient (Wildman–Crippen LogP) is 0.914. The van der Waals surface area contributed by atoms with Crippen molar-refractivity contribution < 1.29 is 4.79 Å². The third-order valence-corrected chi connectivity index (χ3v) is 2.41. The van der Waals surface area contributed by atoms with Gasteiger partial charge in [-0.25, -0.2) is 0 Å². The molecule has 0 fully saturated rings. The highest BCUT2D eigenvalue weighted by atomic mass is 35.5. The summed E-state index contributed by atoms with van der Waals surface area (Å²) in [5.41, 5.74) is 6.09. The molecule has 1 atom stereocenters. The Morgan fingerprint density at radius 2 is 2.07 bits per heavy atom. The number of carbonyl (C=O) groups is 1. The lowest BCUT2D eigenvalue weighted by Crippen LogP contribution is -2.47. The molecule has 1 heterocycles. The van der Waals surface area contributed by atoms with Crippen LogP contribution < -0.4 is 10.9 Å². The molecule has 15 heavy (non-hydrogen) atoms. The molecule has 5 heteroatoms. The van der Waals surface area contributed by atoms with E-state index in [0.29, 0.717) is 11.4 Å². The third-order valence-electron chi connectivity index (χ3n) is 2.16. The number of carbonyl (C=O) groups excluding carboxylic acids is 1. The zero-order valence-electron chi connectivity index (χ0n) is 7.90. The van der Waals surface area contributed by atoms with Crippen LogP contribution in [0.2, 0.25) is 5.02 Å². The first kappa shape index (κ1) is 9.98. The first-order valence-corrected chi connectivity index (χ1v) is 4.95. The fourth-order valence-corrected chi connectivity index (χ4v) is 1.50. The minimum absolute atomic E-state index is 0.118. The Labute approximate surface area is 92.3 Å². The van der Waals surface area contributed by atoms with Gasteiger partial charge in [-0.1, -0.05) is 23.7 Å². The van der Waals surface area contributed by atoms with Gasteiger partial charge < -0.3 is 0 Å². The first-order valence-electron chi connectivity index (χ1n) is 4.57. The lowest BCUT2D eigenvalue weighted by Gasteiger charge is -2.16. The summed E-state index contributed by atoms with van der Waals surface area (Å²) in [6.45, 7) is 0. The minimum atomic E-state index is -0.354. The number of aliphatic imine (C=N–C) groups is 1. The molecule has 2 rings (SSSR count). The second-order valence-corrected chi connectivity index (χ2v) is 3.69. The van der Waals surface area contributed by atoms with Crippen molar-refractivity contribution in [3.63, 3.8) is 0 Å². The lowest BCUT2D eigenvalue weighted by molar-refractivity contribution is -0.123. The Bertz CT molecular complexity index is 388. The molecular formula is C10H10ClN3O. The maximum atomic E-state index is 11.4. The fraction of sp³-hybridized carbons (Fsp3) is 0.200. The molecule has 0 bridgehead atoms. The van der Waals surface area contributed by atoms with Crippen molar-refractivity contribution in [3.8, 4) is 0 Å². The van der Waals surface area contributed by atoms with Crippen molar-refractivity contribution in [2.24, 2.45) is 4.99 Å². The number of rotatable bonds is 2. The van der Waals surface area contributed by atoms with Gasteiger partial charge in [-0.15, -0.1) is 0 Å². The molecule has 0 spiro atoms. The Morgan fingerprint density at radius 3 is 2.73 bits per heavy atom. The zero-order chi connectivity index (χ0) is 10.7. The van der Waals surface area contributed by atoms with Crippen molar-refractivity contribution in [2.45, 2.75) is 12.5 Å². The Kier molecular flexibility index (Phi) is 2.87. The number of nitrogens with zero attached hydrogens (tertiary/aromatic N) is 1. The second-order valence-electron chi connectivity index (χ2n) is 3.26. The smallest absolute Gasteiger partial charge is 0.263 e. The van der Waals surface area contributed by atoms with Crippen LogP contribution in [0.5, 0.6) is 0 Å². The van der Waals surface area contributed by atoms with Crippen LogP contribution in [0.15, 0.2) is 29.3 Å². The summed E-state index contributed by atoms with van der Waals surface area (Å²) in [5, 5.41) is 0.692. The summed E-state index contributed by atoms with van der Waals surface area (Å²) in [7, 11) is 0. The summed E-state index contributed by atoms with van der Waals surface area (Å²) < 4.78 is 0. The average molecular weight is 224 g/mol. The van der Waals surface area contributed by atoms with Gasteiger partial charge in [-0.05, 0) is 17.7 Å². The minimum Gasteiger partial charge on any atom is -0.288 e. The molecule has 78 valence electrons. The largest absolute Gasteiger partial charge is 0.288 e. The number of benzene rings is 1. The van der Waals surface area contributed by atoms with E-state index in [1.807, 2.05) is 12.1 Å².